The highest BCUT2D eigenvalue weighted by Gasteiger charge is 2.22. The first-order valence-corrected chi connectivity index (χ1v) is 7.56. The SMILES string of the molecule is O=C1Nc2cc(F)ccc2O/C1=C/c1cc(Br)cc(Br)c1. The summed E-state index contributed by atoms with van der Waals surface area (Å²) in [6.45, 7) is 0. The van der Waals surface area contributed by atoms with Crippen molar-refractivity contribution in [1.82, 2.24) is 0 Å². The van der Waals surface area contributed by atoms with Gasteiger partial charge in [0.25, 0.3) is 5.91 Å². The lowest BCUT2D eigenvalue weighted by Gasteiger charge is -2.19. The van der Waals surface area contributed by atoms with Crippen LogP contribution in [0.1, 0.15) is 5.56 Å². The molecule has 1 heterocycles. The minimum atomic E-state index is -0.430. The Morgan fingerprint density at radius 1 is 1.10 bits per heavy atom. The quantitative estimate of drug-likeness (QED) is 0.688. The summed E-state index contributed by atoms with van der Waals surface area (Å²) in [5.41, 5.74) is 1.12. The zero-order valence-electron chi connectivity index (χ0n) is 10.5. The number of halogens is 3. The zero-order valence-corrected chi connectivity index (χ0v) is 13.7. The number of amides is 1. The number of benzene rings is 2. The van der Waals surface area contributed by atoms with Gasteiger partial charge in [0.15, 0.2) is 11.5 Å². The summed E-state index contributed by atoms with van der Waals surface area (Å²) in [6, 6.07) is 9.59. The van der Waals surface area contributed by atoms with Gasteiger partial charge in [0.2, 0.25) is 0 Å². The Labute approximate surface area is 137 Å². The van der Waals surface area contributed by atoms with E-state index in [0.29, 0.717) is 11.4 Å². The molecule has 0 bridgehead atoms. The first kappa shape index (κ1) is 14.3. The summed E-state index contributed by atoms with van der Waals surface area (Å²) < 4.78 is 20.4. The van der Waals surface area contributed by atoms with E-state index in [1.807, 2.05) is 18.2 Å². The smallest absolute Gasteiger partial charge is 0.291 e. The van der Waals surface area contributed by atoms with Crippen molar-refractivity contribution in [2.24, 2.45) is 0 Å². The van der Waals surface area contributed by atoms with E-state index in [1.165, 1.54) is 18.2 Å². The lowest BCUT2D eigenvalue weighted by molar-refractivity contribution is -0.115. The van der Waals surface area contributed by atoms with Gasteiger partial charge in [0, 0.05) is 15.0 Å². The molecule has 6 heteroatoms. The van der Waals surface area contributed by atoms with Crippen LogP contribution in [-0.2, 0) is 4.79 Å². The Morgan fingerprint density at radius 2 is 1.81 bits per heavy atom. The molecule has 3 nitrogen and oxygen atoms in total. The second-order valence-corrected chi connectivity index (χ2v) is 6.24. The normalized spacial score (nSPS) is 15.4. The van der Waals surface area contributed by atoms with E-state index in [2.05, 4.69) is 37.2 Å². The number of hydrogen-bond donors (Lipinski definition) is 1. The maximum Gasteiger partial charge on any atom is 0.291 e. The average molecular weight is 413 g/mol. The summed E-state index contributed by atoms with van der Waals surface area (Å²) in [7, 11) is 0. The number of anilines is 1. The number of rotatable bonds is 1. The van der Waals surface area contributed by atoms with Crippen LogP contribution >= 0.6 is 31.9 Å². The molecule has 0 radical (unpaired) electrons. The van der Waals surface area contributed by atoms with Crippen molar-refractivity contribution >= 4 is 49.5 Å². The van der Waals surface area contributed by atoms with Gasteiger partial charge in [-0.25, -0.2) is 4.39 Å². The number of carbonyl (C=O) groups excluding carboxylic acids is 1. The van der Waals surface area contributed by atoms with Crippen LogP contribution in [0.4, 0.5) is 10.1 Å². The molecule has 0 fully saturated rings. The van der Waals surface area contributed by atoms with Gasteiger partial charge in [-0.2, -0.15) is 0 Å². The van der Waals surface area contributed by atoms with Gasteiger partial charge in [0.1, 0.15) is 5.82 Å². The predicted octanol–water partition coefficient (Wildman–Crippen LogP) is 4.72. The molecule has 0 saturated heterocycles. The Morgan fingerprint density at radius 3 is 2.52 bits per heavy atom. The van der Waals surface area contributed by atoms with Gasteiger partial charge in [0.05, 0.1) is 5.69 Å². The molecule has 0 aliphatic carbocycles. The zero-order chi connectivity index (χ0) is 15.0. The molecule has 3 rings (SSSR count). The van der Waals surface area contributed by atoms with Gasteiger partial charge in [-0.3, -0.25) is 4.79 Å². The molecule has 1 amide bonds. The number of fused-ring (bicyclic) bond motifs is 1. The van der Waals surface area contributed by atoms with E-state index in [4.69, 9.17) is 4.74 Å². The molecular weight excluding hydrogens is 405 g/mol. The van der Waals surface area contributed by atoms with E-state index in [9.17, 15) is 9.18 Å². The second-order valence-electron chi connectivity index (χ2n) is 4.41. The third-order valence-electron chi connectivity index (χ3n) is 2.82. The van der Waals surface area contributed by atoms with Crippen LogP contribution in [0.15, 0.2) is 51.1 Å². The average Bonchev–Trinajstić information content (AvgIpc) is 2.38. The van der Waals surface area contributed by atoms with Crippen molar-refractivity contribution in [3.63, 3.8) is 0 Å². The predicted molar refractivity (Wildman–Crippen MR) is 85.5 cm³/mol. The van der Waals surface area contributed by atoms with E-state index in [-0.39, 0.29) is 5.76 Å². The molecule has 0 atom stereocenters. The van der Waals surface area contributed by atoms with Crippen LogP contribution < -0.4 is 10.1 Å². The third-order valence-corrected chi connectivity index (χ3v) is 3.73. The minimum absolute atomic E-state index is 0.152. The monoisotopic (exact) mass is 411 g/mol. The fourth-order valence-electron chi connectivity index (χ4n) is 1.94. The standard InChI is InChI=1S/C15H8Br2FNO2/c16-9-3-8(4-10(17)6-9)5-14-15(20)19-12-7-11(18)1-2-13(12)21-14/h1-7H,(H,19,20)/b14-5+. The minimum Gasteiger partial charge on any atom is -0.449 e. The molecular formula is C15H8Br2FNO2. The van der Waals surface area contributed by atoms with Crippen LogP contribution in [-0.4, -0.2) is 5.91 Å². The maximum atomic E-state index is 13.1. The third kappa shape index (κ3) is 3.16. The number of carbonyl (C=O) groups is 1. The van der Waals surface area contributed by atoms with E-state index in [1.54, 1.807) is 6.08 Å². The van der Waals surface area contributed by atoms with Crippen LogP contribution in [0.25, 0.3) is 6.08 Å². The van der Waals surface area contributed by atoms with Gasteiger partial charge < -0.3 is 10.1 Å². The lowest BCUT2D eigenvalue weighted by Crippen LogP contribution is -2.23. The molecule has 21 heavy (non-hydrogen) atoms. The summed E-state index contributed by atoms with van der Waals surface area (Å²) in [6.07, 6.45) is 1.62. The lowest BCUT2D eigenvalue weighted by atomic mass is 10.2. The molecule has 1 aliphatic heterocycles. The number of ether oxygens (including phenoxy) is 1. The fraction of sp³-hybridized carbons (Fsp3) is 0. The number of nitrogens with one attached hydrogen (secondary N) is 1. The van der Waals surface area contributed by atoms with E-state index in [0.717, 1.165) is 14.5 Å². The molecule has 0 spiro atoms. The van der Waals surface area contributed by atoms with Gasteiger partial charge in [-0.15, -0.1) is 0 Å². The van der Waals surface area contributed by atoms with Crippen LogP contribution in [0, 0.1) is 5.82 Å². The highest BCUT2D eigenvalue weighted by molar-refractivity contribution is 9.11. The highest BCUT2D eigenvalue weighted by atomic mass is 79.9. The molecule has 0 saturated carbocycles. The Balaban J connectivity index is 1.98. The molecule has 0 aromatic heterocycles. The van der Waals surface area contributed by atoms with Crippen LogP contribution in [0.5, 0.6) is 5.75 Å². The summed E-state index contributed by atoms with van der Waals surface area (Å²) in [5, 5.41) is 2.60. The van der Waals surface area contributed by atoms with Gasteiger partial charge >= 0.3 is 0 Å². The van der Waals surface area contributed by atoms with Crippen LogP contribution in [0.3, 0.4) is 0 Å². The molecule has 106 valence electrons. The largest absolute Gasteiger partial charge is 0.449 e. The molecule has 1 aliphatic rings. The first-order chi connectivity index (χ1) is 10.0. The van der Waals surface area contributed by atoms with Crippen molar-refractivity contribution in [1.29, 1.82) is 0 Å². The molecule has 1 N–H and O–H groups in total. The fourth-order valence-corrected chi connectivity index (χ4v) is 3.27. The molecule has 2 aromatic rings. The Kier molecular flexibility index (Phi) is 3.82. The molecule has 2 aromatic carbocycles. The van der Waals surface area contributed by atoms with E-state index < -0.39 is 11.7 Å². The Bertz CT molecular complexity index is 754. The maximum absolute atomic E-state index is 13.1. The highest BCUT2D eigenvalue weighted by Crippen LogP contribution is 2.32. The van der Waals surface area contributed by atoms with Gasteiger partial charge in [-0.1, -0.05) is 31.9 Å². The van der Waals surface area contributed by atoms with Crippen molar-refractivity contribution in [3.05, 3.63) is 62.5 Å². The van der Waals surface area contributed by atoms with E-state index >= 15 is 0 Å². The van der Waals surface area contributed by atoms with Crippen molar-refractivity contribution in [2.75, 3.05) is 5.32 Å². The summed E-state index contributed by atoms with van der Waals surface area (Å²) in [4.78, 5) is 12.0. The summed E-state index contributed by atoms with van der Waals surface area (Å²) >= 11 is 6.77. The van der Waals surface area contributed by atoms with Crippen molar-refractivity contribution in [2.45, 2.75) is 0 Å². The topological polar surface area (TPSA) is 38.3 Å². The number of hydrogen-bond acceptors (Lipinski definition) is 2. The van der Waals surface area contributed by atoms with Crippen molar-refractivity contribution in [3.8, 4) is 5.75 Å². The van der Waals surface area contributed by atoms with Crippen LogP contribution in [0.2, 0.25) is 0 Å². The second kappa shape index (κ2) is 5.61. The molecule has 0 unspecified atom stereocenters. The first-order valence-electron chi connectivity index (χ1n) is 5.98. The van der Waals surface area contributed by atoms with Crippen molar-refractivity contribution < 1.29 is 13.9 Å². The van der Waals surface area contributed by atoms with Gasteiger partial charge in [-0.05, 0) is 42.0 Å². The Hall–Kier alpha value is -1.66. The summed E-state index contributed by atoms with van der Waals surface area (Å²) in [5.74, 6) is -0.277.